The van der Waals surface area contributed by atoms with Crippen molar-refractivity contribution in [2.45, 2.75) is 52.1 Å². The van der Waals surface area contributed by atoms with E-state index in [1.165, 1.54) is 0 Å². The van der Waals surface area contributed by atoms with Crippen LogP contribution in [-0.2, 0) is 0 Å². The van der Waals surface area contributed by atoms with E-state index in [1.807, 2.05) is 24.0 Å². The predicted molar refractivity (Wildman–Crippen MR) is 138 cm³/mol. The van der Waals surface area contributed by atoms with Crippen LogP contribution in [0.3, 0.4) is 0 Å². The Labute approximate surface area is 216 Å². The second kappa shape index (κ2) is 10.5. The Bertz CT molecular complexity index is 1210. The highest BCUT2D eigenvalue weighted by Gasteiger charge is 2.35. The Balaban J connectivity index is 1.20. The number of amides is 1. The number of halogens is 1. The van der Waals surface area contributed by atoms with E-state index >= 15 is 0 Å². The Morgan fingerprint density at radius 1 is 1.08 bits per heavy atom. The number of likely N-dealkylation sites (tertiary alicyclic amines) is 1. The molecule has 1 atom stereocenters. The fourth-order valence-corrected chi connectivity index (χ4v) is 5.50. The SMILES string of the molecule is CC[C@H]1CN(c2ncc(-c3nnc(C)o3)nc2C)CCN1C1CCN(C(=O)c2ccc(Cl)cc2)CC1. The first kappa shape index (κ1) is 24.6. The van der Waals surface area contributed by atoms with Gasteiger partial charge in [-0.15, -0.1) is 10.2 Å². The number of benzene rings is 1. The number of hydrogen-bond donors (Lipinski definition) is 0. The average molecular weight is 510 g/mol. The molecule has 2 aromatic heterocycles. The fourth-order valence-electron chi connectivity index (χ4n) is 5.37. The van der Waals surface area contributed by atoms with Crippen molar-refractivity contribution in [2.75, 3.05) is 37.6 Å². The maximum absolute atomic E-state index is 12.9. The Kier molecular flexibility index (Phi) is 7.20. The lowest BCUT2D eigenvalue weighted by Crippen LogP contribution is -2.58. The Hall–Kier alpha value is -3.04. The third-order valence-corrected chi connectivity index (χ3v) is 7.53. The molecule has 36 heavy (non-hydrogen) atoms. The van der Waals surface area contributed by atoms with Gasteiger partial charge in [0.15, 0.2) is 0 Å². The third-order valence-electron chi connectivity index (χ3n) is 7.28. The van der Waals surface area contributed by atoms with E-state index < -0.39 is 0 Å². The summed E-state index contributed by atoms with van der Waals surface area (Å²) in [4.78, 5) is 29.3. The van der Waals surface area contributed by atoms with Gasteiger partial charge in [0.1, 0.15) is 11.5 Å². The van der Waals surface area contributed by atoms with Gasteiger partial charge in [0, 0.05) is 62.3 Å². The maximum atomic E-state index is 12.9. The van der Waals surface area contributed by atoms with Crippen LogP contribution in [0.1, 0.15) is 48.1 Å². The number of anilines is 1. The molecule has 190 valence electrons. The molecule has 5 rings (SSSR count). The molecule has 9 nitrogen and oxygen atoms in total. The molecule has 1 amide bonds. The summed E-state index contributed by atoms with van der Waals surface area (Å²) < 4.78 is 5.50. The lowest BCUT2D eigenvalue weighted by atomic mass is 9.97. The van der Waals surface area contributed by atoms with Crippen molar-refractivity contribution >= 4 is 23.3 Å². The number of carbonyl (C=O) groups excluding carboxylic acids is 1. The minimum absolute atomic E-state index is 0.0927. The summed E-state index contributed by atoms with van der Waals surface area (Å²) in [5.41, 5.74) is 2.16. The summed E-state index contributed by atoms with van der Waals surface area (Å²) in [5, 5.41) is 8.59. The zero-order valence-electron chi connectivity index (χ0n) is 21.0. The molecule has 4 heterocycles. The molecule has 0 radical (unpaired) electrons. The first-order valence-corrected chi connectivity index (χ1v) is 13.0. The van der Waals surface area contributed by atoms with Crippen LogP contribution in [-0.4, -0.2) is 80.7 Å². The van der Waals surface area contributed by atoms with E-state index in [4.69, 9.17) is 21.0 Å². The van der Waals surface area contributed by atoms with Crippen LogP contribution in [0.15, 0.2) is 34.9 Å². The van der Waals surface area contributed by atoms with Gasteiger partial charge in [0.2, 0.25) is 5.89 Å². The molecular weight excluding hydrogens is 478 g/mol. The van der Waals surface area contributed by atoms with E-state index in [0.717, 1.165) is 63.5 Å². The molecule has 2 aliphatic rings. The van der Waals surface area contributed by atoms with Crippen molar-refractivity contribution in [2.24, 2.45) is 0 Å². The summed E-state index contributed by atoms with van der Waals surface area (Å²) in [6, 6.07) is 8.09. The molecule has 0 unspecified atom stereocenters. The first-order valence-electron chi connectivity index (χ1n) is 12.6. The molecular formula is C26H32ClN7O2. The number of aromatic nitrogens is 4. The van der Waals surface area contributed by atoms with Gasteiger partial charge in [0.25, 0.3) is 11.8 Å². The summed E-state index contributed by atoms with van der Waals surface area (Å²) >= 11 is 5.98. The molecule has 0 aliphatic carbocycles. The van der Waals surface area contributed by atoms with E-state index in [9.17, 15) is 4.79 Å². The van der Waals surface area contributed by atoms with Crippen LogP contribution in [0.2, 0.25) is 5.02 Å². The zero-order chi connectivity index (χ0) is 25.2. The second-order valence-electron chi connectivity index (χ2n) is 9.57. The second-order valence-corrected chi connectivity index (χ2v) is 10.0. The molecule has 10 heteroatoms. The van der Waals surface area contributed by atoms with Crippen LogP contribution >= 0.6 is 11.6 Å². The predicted octanol–water partition coefficient (Wildman–Crippen LogP) is 4.00. The first-order chi connectivity index (χ1) is 17.4. The maximum Gasteiger partial charge on any atom is 0.267 e. The molecule has 1 aromatic carbocycles. The number of hydrogen-bond acceptors (Lipinski definition) is 8. The number of rotatable bonds is 5. The minimum atomic E-state index is 0.0927. The zero-order valence-corrected chi connectivity index (χ0v) is 21.8. The van der Waals surface area contributed by atoms with Crippen molar-refractivity contribution in [1.29, 1.82) is 0 Å². The largest absolute Gasteiger partial charge is 0.420 e. The smallest absolute Gasteiger partial charge is 0.267 e. The third kappa shape index (κ3) is 5.08. The fraction of sp³-hybridized carbons (Fsp3) is 0.500. The van der Waals surface area contributed by atoms with Gasteiger partial charge in [-0.05, 0) is 50.5 Å². The highest BCUT2D eigenvalue weighted by molar-refractivity contribution is 6.30. The van der Waals surface area contributed by atoms with Gasteiger partial charge < -0.3 is 14.2 Å². The van der Waals surface area contributed by atoms with Gasteiger partial charge in [-0.2, -0.15) is 0 Å². The minimum Gasteiger partial charge on any atom is -0.420 e. The number of piperidine rings is 1. The molecule has 0 spiro atoms. The van der Waals surface area contributed by atoms with Crippen LogP contribution in [0.25, 0.3) is 11.6 Å². The number of aryl methyl sites for hydroxylation is 2. The normalized spacial score (nSPS) is 19.6. The standard InChI is InChI=1S/C26H32ClN7O2/c1-4-21-16-33(24-17(2)29-23(15-28-24)25-31-30-18(3)36-25)13-14-34(21)22-9-11-32(12-10-22)26(35)19-5-7-20(27)8-6-19/h5-8,15,21-22H,4,9-14,16H2,1-3H3/t21-/m0/s1. The quantitative estimate of drug-likeness (QED) is 0.509. The average Bonchev–Trinajstić information content (AvgIpc) is 3.34. The lowest BCUT2D eigenvalue weighted by Gasteiger charge is -2.47. The number of nitrogens with zero attached hydrogens (tertiary/aromatic N) is 7. The van der Waals surface area contributed by atoms with Gasteiger partial charge in [0.05, 0.1) is 11.9 Å². The van der Waals surface area contributed by atoms with Crippen LogP contribution in [0.4, 0.5) is 5.82 Å². The van der Waals surface area contributed by atoms with E-state index in [0.29, 0.717) is 40.1 Å². The molecule has 0 N–H and O–H groups in total. The monoisotopic (exact) mass is 509 g/mol. The van der Waals surface area contributed by atoms with Crippen molar-refractivity contribution in [1.82, 2.24) is 30.0 Å². The van der Waals surface area contributed by atoms with Crippen LogP contribution < -0.4 is 4.90 Å². The van der Waals surface area contributed by atoms with Gasteiger partial charge in [-0.1, -0.05) is 18.5 Å². The summed E-state index contributed by atoms with van der Waals surface area (Å²) in [6.45, 7) is 10.3. The molecule has 0 bridgehead atoms. The van der Waals surface area contributed by atoms with E-state index in [2.05, 4.69) is 31.9 Å². The van der Waals surface area contributed by atoms with Crippen molar-refractivity contribution in [3.05, 3.63) is 52.6 Å². The summed E-state index contributed by atoms with van der Waals surface area (Å²) in [7, 11) is 0. The summed E-state index contributed by atoms with van der Waals surface area (Å²) in [6.07, 6.45) is 4.77. The van der Waals surface area contributed by atoms with E-state index in [1.54, 1.807) is 25.3 Å². The Morgan fingerprint density at radius 3 is 2.47 bits per heavy atom. The molecule has 2 aliphatic heterocycles. The van der Waals surface area contributed by atoms with E-state index in [-0.39, 0.29) is 5.91 Å². The summed E-state index contributed by atoms with van der Waals surface area (Å²) in [5.74, 6) is 1.91. The topological polar surface area (TPSA) is 91.5 Å². The highest BCUT2D eigenvalue weighted by Crippen LogP contribution is 2.28. The molecule has 2 saturated heterocycles. The van der Waals surface area contributed by atoms with Gasteiger partial charge >= 0.3 is 0 Å². The number of carbonyl (C=O) groups is 1. The lowest BCUT2D eigenvalue weighted by molar-refractivity contribution is 0.0490. The highest BCUT2D eigenvalue weighted by atomic mass is 35.5. The molecule has 0 saturated carbocycles. The van der Waals surface area contributed by atoms with Crippen molar-refractivity contribution in [3.63, 3.8) is 0 Å². The van der Waals surface area contributed by atoms with Crippen LogP contribution in [0.5, 0.6) is 0 Å². The van der Waals surface area contributed by atoms with Gasteiger partial charge in [-0.3, -0.25) is 9.69 Å². The van der Waals surface area contributed by atoms with Crippen molar-refractivity contribution in [3.8, 4) is 11.6 Å². The molecule has 2 fully saturated rings. The number of piperazine rings is 1. The van der Waals surface area contributed by atoms with Crippen LogP contribution in [0, 0.1) is 13.8 Å². The molecule has 3 aromatic rings. The Morgan fingerprint density at radius 2 is 1.83 bits per heavy atom. The van der Waals surface area contributed by atoms with Gasteiger partial charge in [-0.25, -0.2) is 9.97 Å². The van der Waals surface area contributed by atoms with Crippen molar-refractivity contribution < 1.29 is 9.21 Å².